The SMILES string of the molecule is COc1ccc(NC(C)=O)cc1N[C@@H](C)C(=O)Nc1ccccc1F. The van der Waals surface area contributed by atoms with E-state index < -0.39 is 17.8 Å². The number of carbonyl (C=O) groups excluding carboxylic acids is 2. The molecule has 0 unspecified atom stereocenters. The maximum Gasteiger partial charge on any atom is 0.246 e. The van der Waals surface area contributed by atoms with Gasteiger partial charge in [-0.3, -0.25) is 9.59 Å². The van der Waals surface area contributed by atoms with Crippen LogP contribution in [0.2, 0.25) is 0 Å². The second-order valence-corrected chi connectivity index (χ2v) is 5.43. The van der Waals surface area contributed by atoms with Crippen LogP contribution in [0.4, 0.5) is 21.5 Å². The van der Waals surface area contributed by atoms with Gasteiger partial charge in [-0.2, -0.15) is 0 Å². The van der Waals surface area contributed by atoms with Gasteiger partial charge in [0, 0.05) is 12.6 Å². The lowest BCUT2D eigenvalue weighted by Gasteiger charge is -2.18. The zero-order chi connectivity index (χ0) is 18.4. The molecule has 0 aliphatic heterocycles. The van der Waals surface area contributed by atoms with Gasteiger partial charge in [0.15, 0.2) is 0 Å². The van der Waals surface area contributed by atoms with E-state index in [1.165, 1.54) is 26.2 Å². The summed E-state index contributed by atoms with van der Waals surface area (Å²) in [6.45, 7) is 3.04. The molecule has 25 heavy (non-hydrogen) atoms. The number of hydrogen-bond donors (Lipinski definition) is 3. The molecular weight excluding hydrogens is 325 g/mol. The third-order valence-corrected chi connectivity index (χ3v) is 3.42. The molecule has 0 aromatic heterocycles. The minimum absolute atomic E-state index is 0.111. The van der Waals surface area contributed by atoms with E-state index in [2.05, 4.69) is 16.0 Å². The molecule has 3 N–H and O–H groups in total. The Morgan fingerprint density at radius 1 is 1.08 bits per heavy atom. The van der Waals surface area contributed by atoms with E-state index in [1.807, 2.05) is 0 Å². The van der Waals surface area contributed by atoms with Crippen molar-refractivity contribution < 1.29 is 18.7 Å². The van der Waals surface area contributed by atoms with Crippen molar-refractivity contribution in [3.05, 3.63) is 48.3 Å². The molecule has 0 saturated heterocycles. The third-order valence-electron chi connectivity index (χ3n) is 3.42. The number of carbonyl (C=O) groups is 2. The van der Waals surface area contributed by atoms with E-state index in [-0.39, 0.29) is 11.6 Å². The smallest absolute Gasteiger partial charge is 0.246 e. The molecule has 0 heterocycles. The fraction of sp³-hybridized carbons (Fsp3) is 0.222. The number of methoxy groups -OCH3 is 1. The largest absolute Gasteiger partial charge is 0.495 e. The minimum Gasteiger partial charge on any atom is -0.495 e. The van der Waals surface area contributed by atoms with Crippen molar-refractivity contribution in [2.24, 2.45) is 0 Å². The van der Waals surface area contributed by atoms with Crippen LogP contribution in [0.5, 0.6) is 5.75 Å². The molecule has 0 fully saturated rings. The lowest BCUT2D eigenvalue weighted by atomic mass is 10.2. The van der Waals surface area contributed by atoms with Gasteiger partial charge in [-0.15, -0.1) is 0 Å². The molecule has 6 nitrogen and oxygen atoms in total. The molecule has 1 atom stereocenters. The number of ether oxygens (including phenoxy) is 1. The van der Waals surface area contributed by atoms with E-state index in [1.54, 1.807) is 37.3 Å². The molecular formula is C18H20FN3O3. The Kier molecular flexibility index (Phi) is 5.94. The summed E-state index contributed by atoms with van der Waals surface area (Å²) in [5.74, 6) is -0.605. The van der Waals surface area contributed by atoms with Gasteiger partial charge in [-0.25, -0.2) is 4.39 Å². The van der Waals surface area contributed by atoms with Crippen molar-refractivity contribution >= 4 is 28.9 Å². The van der Waals surface area contributed by atoms with E-state index >= 15 is 0 Å². The molecule has 0 aliphatic rings. The highest BCUT2D eigenvalue weighted by atomic mass is 19.1. The van der Waals surface area contributed by atoms with Crippen LogP contribution < -0.4 is 20.7 Å². The highest BCUT2D eigenvalue weighted by Crippen LogP contribution is 2.28. The van der Waals surface area contributed by atoms with Crippen LogP contribution >= 0.6 is 0 Å². The molecule has 0 spiro atoms. The normalized spacial score (nSPS) is 11.4. The second-order valence-electron chi connectivity index (χ2n) is 5.43. The van der Waals surface area contributed by atoms with Crippen LogP contribution in [-0.2, 0) is 9.59 Å². The van der Waals surface area contributed by atoms with Crippen LogP contribution in [0.25, 0.3) is 0 Å². The lowest BCUT2D eigenvalue weighted by Crippen LogP contribution is -2.32. The van der Waals surface area contributed by atoms with Gasteiger partial charge in [0.1, 0.15) is 17.6 Å². The molecule has 0 bridgehead atoms. The lowest BCUT2D eigenvalue weighted by molar-refractivity contribution is -0.116. The molecule has 2 aromatic rings. The molecule has 2 rings (SSSR count). The predicted molar refractivity (Wildman–Crippen MR) is 95.4 cm³/mol. The number of para-hydroxylation sites is 1. The van der Waals surface area contributed by atoms with Crippen molar-refractivity contribution in [3.8, 4) is 5.75 Å². The first-order chi connectivity index (χ1) is 11.9. The Morgan fingerprint density at radius 2 is 1.80 bits per heavy atom. The van der Waals surface area contributed by atoms with Gasteiger partial charge < -0.3 is 20.7 Å². The van der Waals surface area contributed by atoms with Gasteiger partial charge in [-0.1, -0.05) is 12.1 Å². The molecule has 2 amide bonds. The van der Waals surface area contributed by atoms with Gasteiger partial charge in [0.25, 0.3) is 0 Å². The first-order valence-corrected chi connectivity index (χ1v) is 7.68. The van der Waals surface area contributed by atoms with Crippen molar-refractivity contribution in [2.75, 3.05) is 23.1 Å². The van der Waals surface area contributed by atoms with Gasteiger partial charge in [-0.05, 0) is 37.3 Å². The number of rotatable bonds is 6. The van der Waals surface area contributed by atoms with Gasteiger partial charge in [0.2, 0.25) is 11.8 Å². The van der Waals surface area contributed by atoms with Crippen LogP contribution in [0.1, 0.15) is 13.8 Å². The number of hydrogen-bond acceptors (Lipinski definition) is 4. The highest BCUT2D eigenvalue weighted by molar-refractivity contribution is 5.97. The topological polar surface area (TPSA) is 79.5 Å². The molecule has 0 aliphatic carbocycles. The number of nitrogens with one attached hydrogen (secondary N) is 3. The Bertz CT molecular complexity index is 780. The first kappa shape index (κ1) is 18.3. The molecule has 0 radical (unpaired) electrons. The number of halogens is 1. The second kappa shape index (κ2) is 8.14. The Labute approximate surface area is 145 Å². The molecule has 0 saturated carbocycles. The maximum atomic E-state index is 13.6. The van der Waals surface area contributed by atoms with Gasteiger partial charge >= 0.3 is 0 Å². The van der Waals surface area contributed by atoms with Crippen LogP contribution in [0, 0.1) is 5.82 Å². The Balaban J connectivity index is 2.13. The average molecular weight is 345 g/mol. The quantitative estimate of drug-likeness (QED) is 0.751. The first-order valence-electron chi connectivity index (χ1n) is 7.68. The maximum absolute atomic E-state index is 13.6. The third kappa shape index (κ3) is 4.94. The van der Waals surface area contributed by atoms with Crippen LogP contribution in [0.3, 0.4) is 0 Å². The summed E-state index contributed by atoms with van der Waals surface area (Å²) in [5, 5.41) is 8.19. The van der Waals surface area contributed by atoms with Gasteiger partial charge in [0.05, 0.1) is 18.5 Å². The van der Waals surface area contributed by atoms with Crippen molar-refractivity contribution in [1.82, 2.24) is 0 Å². The summed E-state index contributed by atoms with van der Waals surface area (Å²) in [7, 11) is 1.50. The number of benzene rings is 2. The van der Waals surface area contributed by atoms with E-state index in [0.717, 1.165) is 0 Å². The van der Waals surface area contributed by atoms with E-state index in [4.69, 9.17) is 4.74 Å². The summed E-state index contributed by atoms with van der Waals surface area (Å²) in [4.78, 5) is 23.5. The van der Waals surface area contributed by atoms with Crippen LogP contribution in [0.15, 0.2) is 42.5 Å². The number of anilines is 3. The Morgan fingerprint density at radius 3 is 2.44 bits per heavy atom. The minimum atomic E-state index is -0.666. The van der Waals surface area contributed by atoms with Crippen LogP contribution in [-0.4, -0.2) is 25.0 Å². The zero-order valence-electron chi connectivity index (χ0n) is 14.2. The van der Waals surface area contributed by atoms with Crippen molar-refractivity contribution in [1.29, 1.82) is 0 Å². The highest BCUT2D eigenvalue weighted by Gasteiger charge is 2.16. The summed E-state index contributed by atoms with van der Waals surface area (Å²) < 4.78 is 18.9. The monoisotopic (exact) mass is 345 g/mol. The summed E-state index contributed by atoms with van der Waals surface area (Å²) in [6, 6.07) is 10.3. The number of amides is 2. The zero-order valence-corrected chi connectivity index (χ0v) is 14.2. The molecule has 7 heteroatoms. The van der Waals surface area contributed by atoms with Crippen molar-refractivity contribution in [2.45, 2.75) is 19.9 Å². The average Bonchev–Trinajstić information content (AvgIpc) is 2.56. The van der Waals surface area contributed by atoms with E-state index in [9.17, 15) is 14.0 Å². The molecule has 2 aromatic carbocycles. The fourth-order valence-electron chi connectivity index (χ4n) is 2.20. The standard InChI is InChI=1S/C18H20FN3O3/c1-11(18(24)22-15-7-5-4-6-14(15)19)20-16-10-13(21-12(2)23)8-9-17(16)25-3/h4-11,20H,1-3H3,(H,21,23)(H,22,24)/t11-/m0/s1. The van der Waals surface area contributed by atoms with Crippen molar-refractivity contribution in [3.63, 3.8) is 0 Å². The predicted octanol–water partition coefficient (Wildman–Crippen LogP) is 3.23. The van der Waals surface area contributed by atoms with E-state index in [0.29, 0.717) is 17.1 Å². The fourth-order valence-corrected chi connectivity index (χ4v) is 2.20. The summed E-state index contributed by atoms with van der Waals surface area (Å²) in [5.41, 5.74) is 1.21. The summed E-state index contributed by atoms with van der Waals surface area (Å²) in [6.07, 6.45) is 0. The summed E-state index contributed by atoms with van der Waals surface area (Å²) >= 11 is 0. The Hall–Kier alpha value is -3.09. The molecule has 132 valence electrons.